The fourth-order valence-corrected chi connectivity index (χ4v) is 3.43. The van der Waals surface area contributed by atoms with Crippen molar-refractivity contribution >= 4 is 5.78 Å². The van der Waals surface area contributed by atoms with Gasteiger partial charge in [-0.15, -0.1) is 0 Å². The molecule has 0 amide bonds. The number of rotatable bonds is 6. The lowest BCUT2D eigenvalue weighted by Gasteiger charge is -2.42. The summed E-state index contributed by atoms with van der Waals surface area (Å²) >= 11 is 0. The highest BCUT2D eigenvalue weighted by Crippen LogP contribution is 2.44. The van der Waals surface area contributed by atoms with E-state index in [0.29, 0.717) is 23.1 Å². The van der Waals surface area contributed by atoms with Crippen molar-refractivity contribution in [2.24, 2.45) is 5.41 Å². The average Bonchev–Trinajstić information content (AvgIpc) is 2.46. The van der Waals surface area contributed by atoms with E-state index in [2.05, 4.69) is 6.92 Å². The van der Waals surface area contributed by atoms with Gasteiger partial charge in [0, 0.05) is 5.41 Å². The maximum absolute atomic E-state index is 12.7. The van der Waals surface area contributed by atoms with Gasteiger partial charge in [0.2, 0.25) is 0 Å². The van der Waals surface area contributed by atoms with Crippen molar-refractivity contribution in [3.05, 3.63) is 22.8 Å². The third-order valence-electron chi connectivity index (χ3n) is 5.25. The van der Waals surface area contributed by atoms with Gasteiger partial charge in [0.15, 0.2) is 11.4 Å². The highest BCUT2D eigenvalue weighted by molar-refractivity contribution is 5.97. The van der Waals surface area contributed by atoms with Crippen molar-refractivity contribution in [3.63, 3.8) is 0 Å². The van der Waals surface area contributed by atoms with Crippen LogP contribution in [-0.2, 0) is 4.79 Å². The Morgan fingerprint density at radius 3 is 2.09 bits per heavy atom. The second kappa shape index (κ2) is 6.90. The minimum Gasteiger partial charge on any atom is -0.381 e. The third-order valence-corrected chi connectivity index (χ3v) is 5.25. The molecule has 0 spiro atoms. The molecule has 3 heteroatoms. The predicted molar refractivity (Wildman–Crippen MR) is 95.3 cm³/mol. The minimum absolute atomic E-state index is 0.228. The first-order valence-corrected chi connectivity index (χ1v) is 8.79. The van der Waals surface area contributed by atoms with Crippen LogP contribution < -0.4 is 0 Å². The van der Waals surface area contributed by atoms with E-state index in [1.807, 2.05) is 34.6 Å². The van der Waals surface area contributed by atoms with Crippen LogP contribution in [0, 0.1) is 5.41 Å². The molecule has 0 aromatic carbocycles. The van der Waals surface area contributed by atoms with Crippen LogP contribution in [0.15, 0.2) is 22.8 Å². The van der Waals surface area contributed by atoms with E-state index in [1.54, 1.807) is 13.0 Å². The number of aliphatic hydroxyl groups is 2. The van der Waals surface area contributed by atoms with Crippen LogP contribution in [0.5, 0.6) is 0 Å². The van der Waals surface area contributed by atoms with Gasteiger partial charge in [0.05, 0.1) is 0 Å². The van der Waals surface area contributed by atoms with E-state index < -0.39 is 16.6 Å². The average molecular weight is 322 g/mol. The van der Waals surface area contributed by atoms with Crippen LogP contribution >= 0.6 is 0 Å². The summed E-state index contributed by atoms with van der Waals surface area (Å²) in [7, 11) is 0. The largest absolute Gasteiger partial charge is 0.381 e. The predicted octanol–water partition coefficient (Wildman–Crippen LogP) is 4.33. The lowest BCUT2D eigenvalue weighted by molar-refractivity contribution is -0.138. The quantitative estimate of drug-likeness (QED) is 0.565. The summed E-state index contributed by atoms with van der Waals surface area (Å²) in [5, 5.41) is 22.2. The van der Waals surface area contributed by atoms with Gasteiger partial charge < -0.3 is 10.2 Å². The fraction of sp³-hybridized carbons (Fsp3) is 0.750. The number of ketones is 1. The first-order valence-electron chi connectivity index (χ1n) is 8.79. The molecule has 2 N–H and O–H groups in total. The smallest absolute Gasteiger partial charge is 0.177 e. The summed E-state index contributed by atoms with van der Waals surface area (Å²) < 4.78 is 0. The van der Waals surface area contributed by atoms with Crippen LogP contribution in [0.4, 0.5) is 0 Å². The fourth-order valence-electron chi connectivity index (χ4n) is 3.43. The summed E-state index contributed by atoms with van der Waals surface area (Å²) in [5.74, 6) is -0.228. The summed E-state index contributed by atoms with van der Waals surface area (Å²) in [6.07, 6.45) is 6.55. The van der Waals surface area contributed by atoms with Crippen molar-refractivity contribution in [1.82, 2.24) is 0 Å². The number of Topliss-reactive ketones (excluding diaryl/α,β-unsaturated/α-hetero) is 1. The van der Waals surface area contributed by atoms with Crippen molar-refractivity contribution < 1.29 is 15.0 Å². The van der Waals surface area contributed by atoms with Gasteiger partial charge in [-0.1, -0.05) is 47.0 Å². The molecule has 0 fully saturated rings. The van der Waals surface area contributed by atoms with E-state index in [9.17, 15) is 15.0 Å². The topological polar surface area (TPSA) is 57.5 Å². The summed E-state index contributed by atoms with van der Waals surface area (Å²) in [4.78, 5) is 12.7. The van der Waals surface area contributed by atoms with Gasteiger partial charge in [-0.3, -0.25) is 4.79 Å². The van der Waals surface area contributed by atoms with Gasteiger partial charge in [0.25, 0.3) is 0 Å². The van der Waals surface area contributed by atoms with Gasteiger partial charge in [-0.05, 0) is 56.4 Å². The van der Waals surface area contributed by atoms with E-state index in [-0.39, 0.29) is 5.78 Å². The number of carbonyl (C=O) groups excluding carboxylic acids is 1. The molecule has 0 aromatic heterocycles. The number of hydrogen-bond acceptors (Lipinski definition) is 3. The molecule has 132 valence electrons. The highest BCUT2D eigenvalue weighted by Gasteiger charge is 2.49. The molecule has 2 unspecified atom stereocenters. The number of hydrogen-bond donors (Lipinski definition) is 2. The molecule has 1 aliphatic carbocycles. The summed E-state index contributed by atoms with van der Waals surface area (Å²) in [6.45, 7) is 13.0. The molecule has 0 bridgehead atoms. The normalized spacial score (nSPS) is 28.8. The second-order valence-corrected chi connectivity index (χ2v) is 8.09. The molecule has 0 heterocycles. The Balaban J connectivity index is 3.17. The Bertz CT molecular complexity index is 521. The van der Waals surface area contributed by atoms with Crippen molar-refractivity contribution in [1.29, 1.82) is 0 Å². The highest BCUT2D eigenvalue weighted by atomic mass is 16.3. The van der Waals surface area contributed by atoms with Crippen molar-refractivity contribution in [3.8, 4) is 0 Å². The Kier molecular flexibility index (Phi) is 6.04. The Morgan fingerprint density at radius 2 is 1.61 bits per heavy atom. The zero-order chi connectivity index (χ0) is 18.1. The maximum atomic E-state index is 12.7. The lowest BCUT2D eigenvalue weighted by Crippen LogP contribution is -2.50. The number of unbranched alkanes of at least 4 members (excludes halogenated alkanes) is 3. The van der Waals surface area contributed by atoms with Gasteiger partial charge in [-0.25, -0.2) is 0 Å². The molecular weight excluding hydrogens is 288 g/mol. The lowest BCUT2D eigenvalue weighted by atomic mass is 9.67. The van der Waals surface area contributed by atoms with Crippen LogP contribution in [0.25, 0.3) is 0 Å². The van der Waals surface area contributed by atoms with E-state index in [0.717, 1.165) is 25.7 Å². The van der Waals surface area contributed by atoms with Gasteiger partial charge in [0.1, 0.15) is 5.60 Å². The molecule has 2 atom stereocenters. The Morgan fingerprint density at radius 1 is 1.04 bits per heavy atom. The zero-order valence-corrected chi connectivity index (χ0v) is 15.9. The Hall–Kier alpha value is -0.930. The zero-order valence-electron chi connectivity index (χ0n) is 15.9. The summed E-state index contributed by atoms with van der Waals surface area (Å²) in [5.41, 5.74) is -1.33. The third kappa shape index (κ3) is 3.77. The van der Waals surface area contributed by atoms with Crippen LogP contribution in [0.2, 0.25) is 0 Å². The first kappa shape index (κ1) is 20.1. The van der Waals surface area contributed by atoms with E-state index in [1.165, 1.54) is 0 Å². The molecule has 1 aliphatic rings. The molecule has 0 saturated carbocycles. The SMILES string of the molecule is CCCCCCC1(O)C(C)=CC(O)(C(=O)C(C)(C)C)C(C)=C1C. The van der Waals surface area contributed by atoms with E-state index >= 15 is 0 Å². The summed E-state index contributed by atoms with van der Waals surface area (Å²) in [6, 6.07) is 0. The number of carbonyl (C=O) groups is 1. The maximum Gasteiger partial charge on any atom is 0.177 e. The molecule has 0 aliphatic heterocycles. The van der Waals surface area contributed by atoms with Crippen LogP contribution in [-0.4, -0.2) is 27.2 Å². The Labute approximate surface area is 141 Å². The molecule has 1 rings (SSSR count). The molecule has 0 saturated heterocycles. The van der Waals surface area contributed by atoms with Crippen molar-refractivity contribution in [2.45, 2.75) is 91.8 Å². The monoisotopic (exact) mass is 322 g/mol. The molecular formula is C20H34O3. The molecule has 3 nitrogen and oxygen atoms in total. The first-order chi connectivity index (χ1) is 10.4. The van der Waals surface area contributed by atoms with Gasteiger partial charge in [-0.2, -0.15) is 0 Å². The van der Waals surface area contributed by atoms with E-state index in [4.69, 9.17) is 0 Å². The molecule has 0 aromatic rings. The van der Waals surface area contributed by atoms with Gasteiger partial charge >= 0.3 is 0 Å². The molecule has 0 radical (unpaired) electrons. The molecule has 23 heavy (non-hydrogen) atoms. The minimum atomic E-state index is -1.61. The van der Waals surface area contributed by atoms with Crippen LogP contribution in [0.3, 0.4) is 0 Å². The van der Waals surface area contributed by atoms with Crippen molar-refractivity contribution in [2.75, 3.05) is 0 Å². The second-order valence-electron chi connectivity index (χ2n) is 8.09. The van der Waals surface area contributed by atoms with Crippen LogP contribution in [0.1, 0.15) is 80.6 Å². The standard InChI is InChI=1S/C20H34O3/c1-8-9-10-11-12-19(22)14(2)13-20(23,16(4)15(19)3)17(21)18(5,6)7/h13,22-23H,8-12H2,1-7H3.